The number of hydrogen-bond donors (Lipinski definition) is 3. The summed E-state index contributed by atoms with van der Waals surface area (Å²) in [4.78, 5) is 16.2. The number of hydrogen-bond acceptors (Lipinski definition) is 5. The fraction of sp³-hybridized carbons (Fsp3) is 0.133. The zero-order valence-electron chi connectivity index (χ0n) is 12.1. The van der Waals surface area contributed by atoms with Gasteiger partial charge in [0.25, 0.3) is 0 Å². The lowest BCUT2D eigenvalue weighted by Crippen LogP contribution is -2.19. The van der Waals surface area contributed by atoms with Crippen LogP contribution in [0.3, 0.4) is 0 Å². The average molecular weight is 329 g/mol. The lowest BCUT2D eigenvalue weighted by molar-refractivity contribution is 0.262. The second-order valence-electron chi connectivity index (χ2n) is 4.71. The van der Waals surface area contributed by atoms with E-state index in [1.54, 1.807) is 28.4 Å². The highest BCUT2D eigenvalue weighted by Gasteiger charge is 2.06. The second kappa shape index (κ2) is 7.03. The zero-order valence-corrected chi connectivity index (χ0v) is 13.0. The van der Waals surface area contributed by atoms with E-state index in [0.29, 0.717) is 17.9 Å². The molecule has 0 saturated heterocycles. The van der Waals surface area contributed by atoms with Crippen LogP contribution < -0.4 is 10.6 Å². The summed E-state index contributed by atoms with van der Waals surface area (Å²) >= 11 is 1.57. The van der Waals surface area contributed by atoms with Crippen LogP contribution >= 0.6 is 11.3 Å². The van der Waals surface area contributed by atoms with Crippen LogP contribution in [0.15, 0.2) is 48.2 Å². The van der Waals surface area contributed by atoms with Gasteiger partial charge in [-0.25, -0.2) is 9.78 Å². The van der Waals surface area contributed by atoms with Crippen LogP contribution in [0.4, 0.5) is 16.2 Å². The van der Waals surface area contributed by atoms with E-state index in [-0.39, 0.29) is 12.6 Å². The summed E-state index contributed by atoms with van der Waals surface area (Å²) in [5, 5.41) is 21.1. The molecule has 0 atom stereocenters. The third-order valence-corrected chi connectivity index (χ3v) is 3.86. The number of anilines is 2. The Kier molecular flexibility index (Phi) is 4.65. The Balaban J connectivity index is 1.59. The molecule has 0 radical (unpaired) electrons. The Morgan fingerprint density at radius 3 is 2.70 bits per heavy atom. The largest absolute Gasteiger partial charge is 0.394 e. The molecule has 7 nitrogen and oxygen atoms in total. The minimum atomic E-state index is -0.351. The van der Waals surface area contributed by atoms with Crippen molar-refractivity contribution in [3.05, 3.63) is 48.2 Å². The molecular weight excluding hydrogens is 314 g/mol. The summed E-state index contributed by atoms with van der Waals surface area (Å²) in [7, 11) is 0. The predicted molar refractivity (Wildman–Crippen MR) is 89.5 cm³/mol. The van der Waals surface area contributed by atoms with E-state index >= 15 is 0 Å². The quantitative estimate of drug-likeness (QED) is 0.671. The molecule has 3 N–H and O–H groups in total. The van der Waals surface area contributed by atoms with Crippen LogP contribution in [0.5, 0.6) is 0 Å². The van der Waals surface area contributed by atoms with Gasteiger partial charge in [0.2, 0.25) is 0 Å². The van der Waals surface area contributed by atoms with Crippen LogP contribution in [-0.2, 0) is 6.54 Å². The monoisotopic (exact) mass is 329 g/mol. The molecule has 0 bridgehead atoms. The molecule has 23 heavy (non-hydrogen) atoms. The molecule has 8 heteroatoms. The van der Waals surface area contributed by atoms with Gasteiger partial charge in [0.1, 0.15) is 5.01 Å². The second-order valence-corrected chi connectivity index (χ2v) is 5.60. The minimum absolute atomic E-state index is 0.00123. The van der Waals surface area contributed by atoms with Crippen molar-refractivity contribution in [2.75, 3.05) is 17.2 Å². The molecule has 0 spiro atoms. The molecule has 0 aliphatic rings. The Morgan fingerprint density at radius 1 is 1.22 bits per heavy atom. The number of aromatic nitrogens is 3. The first kappa shape index (κ1) is 15.2. The summed E-state index contributed by atoms with van der Waals surface area (Å²) in [5.74, 6) is 0. The predicted octanol–water partition coefficient (Wildman–Crippen LogP) is 2.64. The molecule has 2 heterocycles. The van der Waals surface area contributed by atoms with Gasteiger partial charge in [0.05, 0.1) is 25.0 Å². The molecule has 118 valence electrons. The van der Waals surface area contributed by atoms with Crippen molar-refractivity contribution in [2.24, 2.45) is 0 Å². The van der Waals surface area contributed by atoms with E-state index in [9.17, 15) is 4.79 Å². The molecule has 2 amide bonds. The first-order chi connectivity index (χ1) is 11.2. The molecule has 3 rings (SSSR count). The van der Waals surface area contributed by atoms with Gasteiger partial charge in [-0.1, -0.05) is 0 Å². The van der Waals surface area contributed by atoms with Crippen molar-refractivity contribution in [3.8, 4) is 10.6 Å². The highest BCUT2D eigenvalue weighted by atomic mass is 32.1. The van der Waals surface area contributed by atoms with Gasteiger partial charge < -0.3 is 15.7 Å². The van der Waals surface area contributed by atoms with E-state index in [1.807, 2.05) is 29.6 Å². The van der Waals surface area contributed by atoms with E-state index in [4.69, 9.17) is 5.11 Å². The number of urea groups is 1. The Morgan fingerprint density at radius 2 is 2.00 bits per heavy atom. The number of nitrogens with zero attached hydrogens (tertiary/aromatic N) is 3. The van der Waals surface area contributed by atoms with E-state index < -0.39 is 0 Å². The first-order valence-electron chi connectivity index (χ1n) is 6.96. The number of amides is 2. The van der Waals surface area contributed by atoms with Crippen LogP contribution in [-0.4, -0.2) is 32.5 Å². The van der Waals surface area contributed by atoms with E-state index in [2.05, 4.69) is 20.7 Å². The molecule has 0 aliphatic carbocycles. The standard InChI is InChI=1S/C15H15N5O2S/c21-7-6-20-10-13(9-17-20)19-15(22)18-12-3-1-11(2-4-12)14-16-5-8-23-14/h1-5,8-10,21H,6-7H2,(H2,18,19,22). The van der Waals surface area contributed by atoms with E-state index in [0.717, 1.165) is 10.6 Å². The van der Waals surface area contributed by atoms with Crippen LogP contribution in [0.2, 0.25) is 0 Å². The summed E-state index contributed by atoms with van der Waals surface area (Å²) in [6, 6.07) is 7.12. The maximum Gasteiger partial charge on any atom is 0.323 e. The lowest BCUT2D eigenvalue weighted by Gasteiger charge is -2.06. The summed E-state index contributed by atoms with van der Waals surface area (Å²) in [6.45, 7) is 0.389. The van der Waals surface area contributed by atoms with Crippen LogP contribution in [0.1, 0.15) is 0 Å². The topological polar surface area (TPSA) is 92.1 Å². The zero-order chi connectivity index (χ0) is 16.1. The molecule has 2 aromatic heterocycles. The van der Waals surface area contributed by atoms with Crippen LogP contribution in [0, 0.1) is 0 Å². The smallest absolute Gasteiger partial charge is 0.323 e. The number of benzene rings is 1. The number of rotatable bonds is 5. The maximum atomic E-state index is 11.9. The van der Waals surface area contributed by atoms with Gasteiger partial charge in [-0.15, -0.1) is 11.3 Å². The van der Waals surface area contributed by atoms with Gasteiger partial charge >= 0.3 is 6.03 Å². The third kappa shape index (κ3) is 3.93. The molecule has 3 aromatic rings. The fourth-order valence-corrected chi connectivity index (χ4v) is 2.65. The van der Waals surface area contributed by atoms with Gasteiger partial charge in [-0.3, -0.25) is 4.68 Å². The van der Waals surface area contributed by atoms with Crippen molar-refractivity contribution < 1.29 is 9.90 Å². The van der Waals surface area contributed by atoms with Crippen molar-refractivity contribution in [2.45, 2.75) is 6.54 Å². The van der Waals surface area contributed by atoms with E-state index in [1.165, 1.54) is 6.20 Å². The highest BCUT2D eigenvalue weighted by Crippen LogP contribution is 2.23. The lowest BCUT2D eigenvalue weighted by atomic mass is 10.2. The van der Waals surface area contributed by atoms with Crippen LogP contribution in [0.25, 0.3) is 10.6 Å². The van der Waals surface area contributed by atoms with Gasteiger partial charge in [-0.05, 0) is 24.3 Å². The van der Waals surface area contributed by atoms with Crippen molar-refractivity contribution in [3.63, 3.8) is 0 Å². The fourth-order valence-electron chi connectivity index (χ4n) is 2.01. The summed E-state index contributed by atoms with van der Waals surface area (Å²) in [5.41, 5.74) is 2.26. The number of nitrogens with one attached hydrogen (secondary N) is 2. The molecule has 0 fully saturated rings. The maximum absolute atomic E-state index is 11.9. The Labute approximate surface area is 136 Å². The van der Waals surface area contributed by atoms with Crippen molar-refractivity contribution >= 4 is 28.7 Å². The Hall–Kier alpha value is -2.71. The number of thiazole rings is 1. The minimum Gasteiger partial charge on any atom is -0.394 e. The highest BCUT2D eigenvalue weighted by molar-refractivity contribution is 7.13. The third-order valence-electron chi connectivity index (χ3n) is 3.04. The number of aliphatic hydroxyl groups is 1. The Bertz CT molecular complexity index is 768. The normalized spacial score (nSPS) is 10.5. The molecule has 0 saturated carbocycles. The number of carbonyl (C=O) groups is 1. The van der Waals surface area contributed by atoms with Crippen molar-refractivity contribution in [1.29, 1.82) is 0 Å². The van der Waals surface area contributed by atoms with Gasteiger partial charge in [0, 0.05) is 29.0 Å². The molecule has 0 unspecified atom stereocenters. The summed E-state index contributed by atoms with van der Waals surface area (Å²) < 4.78 is 1.55. The molecule has 0 aliphatic heterocycles. The molecular formula is C15H15N5O2S. The van der Waals surface area contributed by atoms with Crippen molar-refractivity contribution in [1.82, 2.24) is 14.8 Å². The number of aliphatic hydroxyl groups excluding tert-OH is 1. The first-order valence-corrected chi connectivity index (χ1v) is 7.84. The average Bonchev–Trinajstić information content (AvgIpc) is 3.20. The SMILES string of the molecule is O=C(Nc1ccc(-c2nccs2)cc1)Nc1cnn(CCO)c1. The number of carbonyl (C=O) groups excluding carboxylic acids is 1. The van der Waals surface area contributed by atoms with Gasteiger partial charge in [-0.2, -0.15) is 5.10 Å². The molecule has 1 aromatic carbocycles. The summed E-state index contributed by atoms with van der Waals surface area (Å²) in [6.07, 6.45) is 4.94. The van der Waals surface area contributed by atoms with Gasteiger partial charge in [0.15, 0.2) is 0 Å².